The number of nitrogens with two attached hydrogens (primary N) is 1. The van der Waals surface area contributed by atoms with E-state index in [1.807, 2.05) is 57.3 Å². The fraction of sp³-hybridized carbons (Fsp3) is 0.227. The van der Waals surface area contributed by atoms with Crippen LogP contribution in [-0.2, 0) is 6.54 Å². The van der Waals surface area contributed by atoms with Gasteiger partial charge in [-0.3, -0.25) is 4.90 Å². The van der Waals surface area contributed by atoms with E-state index in [1.165, 1.54) is 5.56 Å². The molecule has 144 valence electrons. The van der Waals surface area contributed by atoms with E-state index in [9.17, 15) is 0 Å². The zero-order valence-corrected chi connectivity index (χ0v) is 16.6. The van der Waals surface area contributed by atoms with E-state index in [2.05, 4.69) is 32.8 Å². The number of nitriles is 1. The lowest BCUT2D eigenvalue weighted by molar-refractivity contribution is 0.350. The minimum Gasteiger partial charge on any atom is -0.368 e. The Balaban J connectivity index is 2.07. The Labute approximate surface area is 166 Å². The van der Waals surface area contributed by atoms with Crippen LogP contribution in [0.25, 0.3) is 0 Å². The van der Waals surface area contributed by atoms with Crippen LogP contribution in [0.5, 0.6) is 0 Å². The molecule has 0 unspecified atom stereocenters. The highest BCUT2D eigenvalue weighted by molar-refractivity contribution is 5.57. The summed E-state index contributed by atoms with van der Waals surface area (Å²) in [6, 6.07) is 12.1. The van der Waals surface area contributed by atoms with Crippen molar-refractivity contribution < 1.29 is 0 Å². The molecule has 1 heterocycles. The summed E-state index contributed by atoms with van der Waals surface area (Å²) in [5.74, 6) is 0.890. The largest absolute Gasteiger partial charge is 0.368 e. The molecule has 0 saturated carbocycles. The van der Waals surface area contributed by atoms with Crippen molar-refractivity contribution in [2.45, 2.75) is 20.4 Å². The molecule has 1 aromatic heterocycles. The number of nitrogen functional groups attached to an aromatic ring is 1. The minimum absolute atomic E-state index is 0.230. The van der Waals surface area contributed by atoms with Gasteiger partial charge in [-0.05, 0) is 45.2 Å². The second-order valence-corrected chi connectivity index (χ2v) is 6.73. The normalized spacial score (nSPS) is 12.0. The lowest BCUT2D eigenvalue weighted by Crippen LogP contribution is -2.21. The van der Waals surface area contributed by atoms with Gasteiger partial charge in [-0.2, -0.15) is 10.2 Å². The third kappa shape index (κ3) is 6.71. The number of hydrogen-bond donors (Lipinski definition) is 2. The third-order valence-electron chi connectivity index (χ3n) is 3.90. The third-order valence-corrected chi connectivity index (χ3v) is 3.90. The van der Waals surface area contributed by atoms with Gasteiger partial charge in [0.25, 0.3) is 0 Å². The van der Waals surface area contributed by atoms with Crippen LogP contribution in [0.2, 0.25) is 0 Å². The summed E-state index contributed by atoms with van der Waals surface area (Å²) in [6.45, 7) is 8.96. The fourth-order valence-corrected chi connectivity index (χ4v) is 2.76. The van der Waals surface area contributed by atoms with Crippen molar-refractivity contribution in [1.82, 2.24) is 14.9 Å². The first-order chi connectivity index (χ1) is 13.4. The zero-order chi connectivity index (χ0) is 20.5. The lowest BCUT2D eigenvalue weighted by atomic mass is 10.1. The van der Waals surface area contributed by atoms with Crippen molar-refractivity contribution in [3.63, 3.8) is 0 Å². The van der Waals surface area contributed by atoms with Crippen LogP contribution in [0.4, 0.5) is 17.5 Å². The molecule has 0 amide bonds. The molecule has 6 nitrogen and oxygen atoms in total. The van der Waals surface area contributed by atoms with Crippen molar-refractivity contribution in [2.75, 3.05) is 24.6 Å². The average Bonchev–Trinajstić information content (AvgIpc) is 2.62. The summed E-state index contributed by atoms with van der Waals surface area (Å²) in [4.78, 5) is 10.7. The maximum absolute atomic E-state index is 9.11. The van der Waals surface area contributed by atoms with E-state index in [4.69, 9.17) is 11.0 Å². The van der Waals surface area contributed by atoms with Crippen LogP contribution in [0.1, 0.15) is 18.2 Å². The summed E-state index contributed by atoms with van der Waals surface area (Å²) in [7, 11) is 1.99. The smallest absolute Gasteiger partial charge is 0.222 e. The molecule has 0 aliphatic carbocycles. The Morgan fingerprint density at radius 1 is 1.32 bits per heavy atom. The molecule has 0 bridgehead atoms. The summed E-state index contributed by atoms with van der Waals surface area (Å²) < 4.78 is 0. The summed E-state index contributed by atoms with van der Waals surface area (Å²) in [5, 5.41) is 12.4. The molecule has 0 spiro atoms. The minimum atomic E-state index is 0.230. The predicted molar refractivity (Wildman–Crippen MR) is 115 cm³/mol. The second kappa shape index (κ2) is 10.0. The molecule has 0 saturated heterocycles. The quantitative estimate of drug-likeness (QED) is 0.533. The van der Waals surface area contributed by atoms with Gasteiger partial charge in [-0.1, -0.05) is 35.9 Å². The summed E-state index contributed by atoms with van der Waals surface area (Å²) in [5.41, 5.74) is 10.5. The van der Waals surface area contributed by atoms with Gasteiger partial charge >= 0.3 is 0 Å². The molecule has 0 atom stereocenters. The number of nitrogens with zero attached hydrogens (tertiary/aromatic N) is 4. The van der Waals surface area contributed by atoms with Gasteiger partial charge in [0.1, 0.15) is 5.82 Å². The van der Waals surface area contributed by atoms with Gasteiger partial charge in [0, 0.05) is 24.8 Å². The Hall–Kier alpha value is -3.43. The summed E-state index contributed by atoms with van der Waals surface area (Å²) in [6.07, 6.45) is 5.16. The molecule has 0 aliphatic heterocycles. The standard InChI is InChI=1S/C22H26N6/c1-5-6-18(13-23)11-17(3)14-28(4)15-20-12-21(27-22(24)26-20)25-19-9-7-16(2)8-10-19/h5-12H,1,14-15H2,2-4H3,(H3,24,25,26,27)/b17-11+,18-6+. The van der Waals surface area contributed by atoms with E-state index in [0.717, 1.165) is 17.0 Å². The Morgan fingerprint density at radius 3 is 2.68 bits per heavy atom. The van der Waals surface area contributed by atoms with Crippen molar-refractivity contribution in [3.8, 4) is 6.07 Å². The van der Waals surface area contributed by atoms with E-state index >= 15 is 0 Å². The fourth-order valence-electron chi connectivity index (χ4n) is 2.76. The SMILES string of the molecule is C=C/C=C(C#N)\C=C(/C)CN(C)Cc1cc(Nc2ccc(C)cc2)nc(N)n1. The second-order valence-electron chi connectivity index (χ2n) is 6.73. The van der Waals surface area contributed by atoms with Gasteiger partial charge < -0.3 is 11.1 Å². The first kappa shape index (κ1) is 20.9. The van der Waals surface area contributed by atoms with E-state index < -0.39 is 0 Å². The number of allylic oxidation sites excluding steroid dienone is 4. The molecule has 0 radical (unpaired) electrons. The molecular weight excluding hydrogens is 348 g/mol. The average molecular weight is 374 g/mol. The van der Waals surface area contributed by atoms with Crippen LogP contribution in [0, 0.1) is 18.3 Å². The van der Waals surface area contributed by atoms with E-state index in [-0.39, 0.29) is 5.95 Å². The van der Waals surface area contributed by atoms with Crippen LogP contribution >= 0.6 is 0 Å². The first-order valence-electron chi connectivity index (χ1n) is 8.95. The molecule has 3 N–H and O–H groups in total. The highest BCUT2D eigenvalue weighted by Gasteiger charge is 2.07. The van der Waals surface area contributed by atoms with Gasteiger partial charge in [0.2, 0.25) is 5.95 Å². The summed E-state index contributed by atoms with van der Waals surface area (Å²) >= 11 is 0. The van der Waals surface area contributed by atoms with Crippen LogP contribution in [0.15, 0.2) is 66.3 Å². The predicted octanol–water partition coefficient (Wildman–Crippen LogP) is 4.12. The number of aromatic nitrogens is 2. The Kier molecular flexibility index (Phi) is 7.49. The van der Waals surface area contributed by atoms with Crippen molar-refractivity contribution in [3.05, 3.63) is 77.5 Å². The van der Waals surface area contributed by atoms with Crippen molar-refractivity contribution in [1.29, 1.82) is 5.26 Å². The number of aryl methyl sites for hydroxylation is 1. The van der Waals surface area contributed by atoms with Gasteiger partial charge in [-0.15, -0.1) is 0 Å². The monoisotopic (exact) mass is 374 g/mol. The topological polar surface area (TPSA) is 90.9 Å². The van der Waals surface area contributed by atoms with Gasteiger partial charge in [-0.25, -0.2) is 4.98 Å². The molecule has 28 heavy (non-hydrogen) atoms. The van der Waals surface area contributed by atoms with Gasteiger partial charge in [0.05, 0.1) is 17.3 Å². The zero-order valence-electron chi connectivity index (χ0n) is 16.6. The molecule has 1 aromatic carbocycles. The molecule has 0 aliphatic rings. The maximum atomic E-state index is 9.11. The number of rotatable bonds is 8. The van der Waals surface area contributed by atoms with Crippen LogP contribution in [-0.4, -0.2) is 28.5 Å². The number of benzene rings is 1. The highest BCUT2D eigenvalue weighted by Crippen LogP contribution is 2.17. The van der Waals surface area contributed by atoms with Crippen molar-refractivity contribution in [2.24, 2.45) is 0 Å². The first-order valence-corrected chi connectivity index (χ1v) is 8.95. The number of nitrogens with one attached hydrogen (secondary N) is 1. The molecule has 0 fully saturated rings. The molecular formula is C22H26N6. The molecule has 6 heteroatoms. The Morgan fingerprint density at radius 2 is 2.04 bits per heavy atom. The van der Waals surface area contributed by atoms with E-state index in [1.54, 1.807) is 12.2 Å². The molecule has 2 rings (SSSR count). The molecule has 2 aromatic rings. The maximum Gasteiger partial charge on any atom is 0.222 e. The van der Waals surface area contributed by atoms with Crippen LogP contribution in [0.3, 0.4) is 0 Å². The number of hydrogen-bond acceptors (Lipinski definition) is 6. The van der Waals surface area contributed by atoms with Crippen LogP contribution < -0.4 is 11.1 Å². The number of likely N-dealkylation sites (N-methyl/N-ethyl adjacent to an activating group) is 1. The van der Waals surface area contributed by atoms with Crippen molar-refractivity contribution >= 4 is 17.5 Å². The van der Waals surface area contributed by atoms with Gasteiger partial charge in [0.15, 0.2) is 0 Å². The Bertz CT molecular complexity index is 919. The number of anilines is 3. The highest BCUT2D eigenvalue weighted by atomic mass is 15.1. The lowest BCUT2D eigenvalue weighted by Gasteiger charge is -2.17. The van der Waals surface area contributed by atoms with E-state index in [0.29, 0.717) is 24.5 Å².